The molecule has 1 fully saturated rings. The van der Waals surface area contributed by atoms with Gasteiger partial charge in [0.2, 0.25) is 17.8 Å². The summed E-state index contributed by atoms with van der Waals surface area (Å²) in [5, 5.41) is 3.20. The Hall–Kier alpha value is -1.59. The summed E-state index contributed by atoms with van der Waals surface area (Å²) in [5.41, 5.74) is 0. The maximum atomic E-state index is 4.62. The van der Waals surface area contributed by atoms with Crippen molar-refractivity contribution in [3.05, 3.63) is 0 Å². The molecular formula is C15H28N6. The standard InChI is InChI=1S/C15H28N6/c1-5-12-8-7-10-21(11-9-12)15-18-13(16-6-2)17-14(19-15)20(3)4/h12H,5-11H2,1-4H3,(H,16,17,18,19). The normalized spacial score (nSPS) is 19.2. The summed E-state index contributed by atoms with van der Waals surface area (Å²) in [6, 6.07) is 0. The minimum atomic E-state index is 0.669. The van der Waals surface area contributed by atoms with E-state index in [1.54, 1.807) is 0 Å². The summed E-state index contributed by atoms with van der Waals surface area (Å²) < 4.78 is 0. The first-order chi connectivity index (χ1) is 10.1. The third-order valence-electron chi connectivity index (χ3n) is 4.05. The Morgan fingerprint density at radius 2 is 1.95 bits per heavy atom. The highest BCUT2D eigenvalue weighted by atomic mass is 15.3. The van der Waals surface area contributed by atoms with Crippen molar-refractivity contribution in [3.8, 4) is 0 Å². The van der Waals surface area contributed by atoms with Crippen LogP contribution in [-0.2, 0) is 0 Å². The van der Waals surface area contributed by atoms with Crippen LogP contribution in [0.15, 0.2) is 0 Å². The predicted octanol–water partition coefficient (Wildman–Crippen LogP) is 2.39. The Morgan fingerprint density at radius 3 is 2.62 bits per heavy atom. The van der Waals surface area contributed by atoms with Gasteiger partial charge < -0.3 is 15.1 Å². The molecule has 0 amide bonds. The highest BCUT2D eigenvalue weighted by Gasteiger charge is 2.19. The van der Waals surface area contributed by atoms with Gasteiger partial charge >= 0.3 is 0 Å². The monoisotopic (exact) mass is 292 g/mol. The minimum absolute atomic E-state index is 0.669. The largest absolute Gasteiger partial charge is 0.354 e. The first-order valence-corrected chi connectivity index (χ1v) is 8.06. The van der Waals surface area contributed by atoms with Crippen LogP contribution in [0.1, 0.15) is 39.5 Å². The minimum Gasteiger partial charge on any atom is -0.354 e. The Morgan fingerprint density at radius 1 is 1.14 bits per heavy atom. The summed E-state index contributed by atoms with van der Waals surface area (Å²) in [4.78, 5) is 17.9. The van der Waals surface area contributed by atoms with Gasteiger partial charge in [-0.15, -0.1) is 0 Å². The molecule has 0 radical (unpaired) electrons. The molecule has 2 heterocycles. The third-order valence-corrected chi connectivity index (χ3v) is 4.05. The van der Waals surface area contributed by atoms with Crippen LogP contribution < -0.4 is 15.1 Å². The Labute approximate surface area is 128 Å². The molecular weight excluding hydrogens is 264 g/mol. The van der Waals surface area contributed by atoms with Crippen molar-refractivity contribution >= 4 is 17.8 Å². The first-order valence-electron chi connectivity index (χ1n) is 8.06. The van der Waals surface area contributed by atoms with E-state index in [1.807, 2.05) is 19.0 Å². The van der Waals surface area contributed by atoms with E-state index in [-0.39, 0.29) is 0 Å². The van der Waals surface area contributed by atoms with Gasteiger partial charge in [0.05, 0.1) is 0 Å². The summed E-state index contributed by atoms with van der Waals surface area (Å²) in [6.07, 6.45) is 5.05. The fraction of sp³-hybridized carbons (Fsp3) is 0.800. The van der Waals surface area contributed by atoms with Crippen LogP contribution in [0, 0.1) is 5.92 Å². The second-order valence-electron chi connectivity index (χ2n) is 5.88. The predicted molar refractivity (Wildman–Crippen MR) is 88.2 cm³/mol. The zero-order chi connectivity index (χ0) is 15.2. The third kappa shape index (κ3) is 4.19. The van der Waals surface area contributed by atoms with Crippen molar-refractivity contribution in [2.45, 2.75) is 39.5 Å². The van der Waals surface area contributed by atoms with Gasteiger partial charge in [-0.05, 0) is 32.1 Å². The SMILES string of the molecule is CCNc1nc(N(C)C)nc(N2CCCC(CC)CC2)n1. The molecule has 1 aromatic heterocycles. The molecule has 1 aliphatic rings. The van der Waals surface area contributed by atoms with E-state index in [0.29, 0.717) is 11.9 Å². The van der Waals surface area contributed by atoms with E-state index in [0.717, 1.165) is 31.5 Å². The van der Waals surface area contributed by atoms with E-state index in [1.165, 1.54) is 25.7 Å². The van der Waals surface area contributed by atoms with Crippen molar-refractivity contribution in [1.82, 2.24) is 15.0 Å². The summed E-state index contributed by atoms with van der Waals surface area (Å²) in [6.45, 7) is 7.24. The molecule has 1 saturated heterocycles. The van der Waals surface area contributed by atoms with Crippen molar-refractivity contribution in [3.63, 3.8) is 0 Å². The van der Waals surface area contributed by atoms with Crippen LogP contribution in [0.3, 0.4) is 0 Å². The number of rotatable bonds is 5. The Balaban J connectivity index is 2.20. The maximum absolute atomic E-state index is 4.62. The lowest BCUT2D eigenvalue weighted by molar-refractivity contribution is 0.459. The van der Waals surface area contributed by atoms with E-state index in [9.17, 15) is 0 Å². The van der Waals surface area contributed by atoms with Crippen LogP contribution in [0.4, 0.5) is 17.8 Å². The molecule has 1 aromatic rings. The smallest absolute Gasteiger partial charge is 0.231 e. The molecule has 0 spiro atoms. The van der Waals surface area contributed by atoms with Gasteiger partial charge in [0.25, 0.3) is 0 Å². The maximum Gasteiger partial charge on any atom is 0.231 e. The highest BCUT2D eigenvalue weighted by molar-refractivity contribution is 5.44. The average Bonchev–Trinajstić information content (AvgIpc) is 2.72. The Kier molecular flexibility index (Phi) is 5.59. The molecule has 21 heavy (non-hydrogen) atoms. The summed E-state index contributed by atoms with van der Waals surface area (Å²) in [7, 11) is 3.93. The number of aromatic nitrogens is 3. The van der Waals surface area contributed by atoms with Crippen LogP contribution in [0.5, 0.6) is 0 Å². The van der Waals surface area contributed by atoms with Gasteiger partial charge in [-0.25, -0.2) is 0 Å². The zero-order valence-corrected chi connectivity index (χ0v) is 13.8. The van der Waals surface area contributed by atoms with E-state index in [4.69, 9.17) is 0 Å². The van der Waals surface area contributed by atoms with Gasteiger partial charge in [-0.1, -0.05) is 13.3 Å². The topological polar surface area (TPSA) is 57.2 Å². The zero-order valence-electron chi connectivity index (χ0n) is 13.8. The van der Waals surface area contributed by atoms with Crippen LogP contribution in [0.2, 0.25) is 0 Å². The van der Waals surface area contributed by atoms with Gasteiger partial charge in [0.1, 0.15) is 0 Å². The van der Waals surface area contributed by atoms with Crippen molar-refractivity contribution in [1.29, 1.82) is 0 Å². The fourth-order valence-corrected chi connectivity index (χ4v) is 2.71. The lowest BCUT2D eigenvalue weighted by atomic mass is 9.98. The van der Waals surface area contributed by atoms with E-state index in [2.05, 4.69) is 39.0 Å². The van der Waals surface area contributed by atoms with Gasteiger partial charge in [-0.3, -0.25) is 0 Å². The highest BCUT2D eigenvalue weighted by Crippen LogP contribution is 2.23. The number of anilines is 3. The lowest BCUT2D eigenvalue weighted by Gasteiger charge is -2.22. The summed E-state index contributed by atoms with van der Waals surface area (Å²) >= 11 is 0. The van der Waals surface area contributed by atoms with Crippen LogP contribution in [-0.4, -0.2) is 48.7 Å². The summed E-state index contributed by atoms with van der Waals surface area (Å²) in [5.74, 6) is 3.04. The number of hydrogen-bond donors (Lipinski definition) is 1. The van der Waals surface area contributed by atoms with Gasteiger partial charge in [-0.2, -0.15) is 15.0 Å². The Bertz CT molecular complexity index is 448. The fourth-order valence-electron chi connectivity index (χ4n) is 2.71. The molecule has 2 rings (SSSR count). The molecule has 0 aliphatic carbocycles. The number of nitrogens with one attached hydrogen (secondary N) is 1. The molecule has 1 atom stereocenters. The lowest BCUT2D eigenvalue weighted by Crippen LogP contribution is -2.28. The van der Waals surface area contributed by atoms with Crippen molar-refractivity contribution in [2.75, 3.05) is 48.8 Å². The quantitative estimate of drug-likeness (QED) is 0.899. The second kappa shape index (κ2) is 7.43. The van der Waals surface area contributed by atoms with Gasteiger partial charge in [0, 0.05) is 33.7 Å². The molecule has 6 heteroatoms. The molecule has 1 unspecified atom stereocenters. The van der Waals surface area contributed by atoms with Gasteiger partial charge in [0.15, 0.2) is 0 Å². The number of hydrogen-bond acceptors (Lipinski definition) is 6. The number of nitrogens with zero attached hydrogens (tertiary/aromatic N) is 5. The molecule has 0 bridgehead atoms. The second-order valence-corrected chi connectivity index (χ2v) is 5.88. The van der Waals surface area contributed by atoms with Crippen LogP contribution in [0.25, 0.3) is 0 Å². The molecule has 118 valence electrons. The molecule has 0 aromatic carbocycles. The molecule has 0 saturated carbocycles. The average molecular weight is 292 g/mol. The molecule has 1 aliphatic heterocycles. The first kappa shape index (κ1) is 15.8. The van der Waals surface area contributed by atoms with E-state index < -0.39 is 0 Å². The van der Waals surface area contributed by atoms with E-state index >= 15 is 0 Å². The van der Waals surface area contributed by atoms with Crippen LogP contribution >= 0.6 is 0 Å². The molecule has 1 N–H and O–H groups in total. The van der Waals surface area contributed by atoms with Crippen molar-refractivity contribution in [2.24, 2.45) is 5.92 Å². The molecule has 6 nitrogen and oxygen atoms in total. The van der Waals surface area contributed by atoms with Crippen molar-refractivity contribution < 1.29 is 0 Å².